The Morgan fingerprint density at radius 3 is 2.71 bits per heavy atom. The molecule has 0 aromatic carbocycles. The van der Waals surface area contributed by atoms with Crippen LogP contribution in [0.5, 0.6) is 0 Å². The Bertz CT molecular complexity index is 583. The minimum atomic E-state index is -0.146. The molecular weight excluding hydrogens is 306 g/mol. The van der Waals surface area contributed by atoms with Crippen molar-refractivity contribution in [1.82, 2.24) is 9.88 Å². The molecule has 1 amide bonds. The molecule has 0 saturated carbocycles. The summed E-state index contributed by atoms with van der Waals surface area (Å²) in [5.74, 6) is 1.21. The number of carbonyl (C=O) groups is 1. The van der Waals surface area contributed by atoms with Crippen molar-refractivity contribution in [1.29, 1.82) is 0 Å². The quantitative estimate of drug-likeness (QED) is 0.847. The van der Waals surface area contributed by atoms with Crippen molar-refractivity contribution >= 4 is 11.7 Å². The van der Waals surface area contributed by atoms with Crippen molar-refractivity contribution in [3.8, 4) is 0 Å². The van der Waals surface area contributed by atoms with Crippen molar-refractivity contribution in [3.05, 3.63) is 23.9 Å². The summed E-state index contributed by atoms with van der Waals surface area (Å²) >= 11 is 0. The third kappa shape index (κ3) is 3.13. The molecule has 0 spiro atoms. The number of aromatic nitrogens is 1. The second-order valence-electron chi connectivity index (χ2n) is 6.83. The SMILES string of the molecule is O=C(c1cccnc1N1CCCC1)N1CCCC(C2OCCO2)C1. The van der Waals surface area contributed by atoms with Gasteiger partial charge in [-0.15, -0.1) is 0 Å². The molecule has 0 radical (unpaired) electrons. The molecule has 6 nitrogen and oxygen atoms in total. The predicted molar refractivity (Wildman–Crippen MR) is 90.0 cm³/mol. The first-order valence-corrected chi connectivity index (χ1v) is 9.05. The van der Waals surface area contributed by atoms with Gasteiger partial charge in [-0.05, 0) is 37.8 Å². The second kappa shape index (κ2) is 7.07. The van der Waals surface area contributed by atoms with Gasteiger partial charge >= 0.3 is 0 Å². The van der Waals surface area contributed by atoms with Crippen LogP contribution < -0.4 is 4.90 Å². The van der Waals surface area contributed by atoms with Gasteiger partial charge in [-0.25, -0.2) is 4.98 Å². The van der Waals surface area contributed by atoms with Gasteiger partial charge in [-0.3, -0.25) is 4.79 Å². The lowest BCUT2D eigenvalue weighted by atomic mass is 9.96. The highest BCUT2D eigenvalue weighted by atomic mass is 16.7. The largest absolute Gasteiger partial charge is 0.356 e. The van der Waals surface area contributed by atoms with E-state index in [9.17, 15) is 4.79 Å². The number of likely N-dealkylation sites (tertiary alicyclic amines) is 1. The third-order valence-electron chi connectivity index (χ3n) is 5.20. The average Bonchev–Trinajstić information content (AvgIpc) is 3.35. The Hall–Kier alpha value is -1.66. The molecule has 4 rings (SSSR count). The molecule has 1 unspecified atom stereocenters. The van der Waals surface area contributed by atoms with Gasteiger partial charge in [0.1, 0.15) is 5.82 Å². The number of nitrogens with zero attached hydrogens (tertiary/aromatic N) is 3. The Labute approximate surface area is 142 Å². The van der Waals surface area contributed by atoms with Crippen LogP contribution in [0.25, 0.3) is 0 Å². The first-order chi connectivity index (χ1) is 11.8. The molecule has 3 aliphatic heterocycles. The fraction of sp³-hybridized carbons (Fsp3) is 0.667. The zero-order valence-electron chi connectivity index (χ0n) is 14.0. The van der Waals surface area contributed by atoms with E-state index in [1.165, 1.54) is 12.8 Å². The number of rotatable bonds is 3. The van der Waals surface area contributed by atoms with Crippen LogP contribution in [0.4, 0.5) is 5.82 Å². The zero-order valence-corrected chi connectivity index (χ0v) is 14.0. The van der Waals surface area contributed by atoms with E-state index in [2.05, 4.69) is 9.88 Å². The molecule has 1 atom stereocenters. The van der Waals surface area contributed by atoms with Crippen molar-refractivity contribution in [2.75, 3.05) is 44.3 Å². The predicted octanol–water partition coefficient (Wildman–Crippen LogP) is 1.91. The number of anilines is 1. The van der Waals surface area contributed by atoms with Crippen molar-refractivity contribution in [2.24, 2.45) is 5.92 Å². The van der Waals surface area contributed by atoms with E-state index >= 15 is 0 Å². The summed E-state index contributed by atoms with van der Waals surface area (Å²) in [6.45, 7) is 4.81. The lowest BCUT2D eigenvalue weighted by molar-refractivity contribution is -0.0969. The Morgan fingerprint density at radius 2 is 1.92 bits per heavy atom. The monoisotopic (exact) mass is 331 g/mol. The van der Waals surface area contributed by atoms with Gasteiger partial charge in [0.05, 0.1) is 18.8 Å². The second-order valence-corrected chi connectivity index (χ2v) is 6.83. The topological polar surface area (TPSA) is 54.9 Å². The van der Waals surface area contributed by atoms with Crippen LogP contribution in [0, 0.1) is 5.92 Å². The van der Waals surface area contributed by atoms with Crippen LogP contribution in [0.2, 0.25) is 0 Å². The Balaban J connectivity index is 1.50. The molecule has 1 aromatic rings. The molecule has 3 fully saturated rings. The Morgan fingerprint density at radius 1 is 1.12 bits per heavy atom. The molecule has 4 heterocycles. The van der Waals surface area contributed by atoms with Gasteiger partial charge in [0.15, 0.2) is 6.29 Å². The van der Waals surface area contributed by atoms with Crippen LogP contribution >= 0.6 is 0 Å². The van der Waals surface area contributed by atoms with Crippen LogP contribution in [-0.2, 0) is 9.47 Å². The maximum absolute atomic E-state index is 13.1. The highest BCUT2D eigenvalue weighted by Gasteiger charge is 2.34. The molecule has 130 valence electrons. The minimum absolute atomic E-state index is 0.0905. The summed E-state index contributed by atoms with van der Waals surface area (Å²) in [6, 6.07) is 3.77. The van der Waals surface area contributed by atoms with Crippen LogP contribution in [0.1, 0.15) is 36.0 Å². The molecular formula is C18H25N3O3. The van der Waals surface area contributed by atoms with Crippen molar-refractivity contribution in [3.63, 3.8) is 0 Å². The molecule has 1 aromatic heterocycles. The van der Waals surface area contributed by atoms with E-state index in [0.717, 1.165) is 43.9 Å². The van der Waals surface area contributed by atoms with Crippen molar-refractivity contribution < 1.29 is 14.3 Å². The fourth-order valence-corrected chi connectivity index (χ4v) is 3.98. The van der Waals surface area contributed by atoms with E-state index in [1.54, 1.807) is 6.20 Å². The van der Waals surface area contributed by atoms with Gasteiger partial charge in [-0.2, -0.15) is 0 Å². The van der Waals surface area contributed by atoms with E-state index in [1.807, 2.05) is 17.0 Å². The summed E-state index contributed by atoms with van der Waals surface area (Å²) in [4.78, 5) is 21.8. The number of piperidine rings is 1. The standard InChI is InChI=1S/C18H25N3O3/c22-17(15-6-3-7-19-16(15)20-8-1-2-9-20)21-10-4-5-14(13-21)18-23-11-12-24-18/h3,6-7,14,18H,1-2,4-5,8-13H2. The maximum atomic E-state index is 13.1. The van der Waals surface area contributed by atoms with Gasteiger partial charge in [0.2, 0.25) is 0 Å². The number of hydrogen-bond acceptors (Lipinski definition) is 5. The normalized spacial score (nSPS) is 25.4. The lowest BCUT2D eigenvalue weighted by Gasteiger charge is -2.35. The van der Waals surface area contributed by atoms with Gasteiger partial charge in [-0.1, -0.05) is 0 Å². The molecule has 3 aliphatic rings. The highest BCUT2D eigenvalue weighted by molar-refractivity contribution is 5.99. The summed E-state index contributed by atoms with van der Waals surface area (Å²) < 4.78 is 11.3. The van der Waals surface area contributed by atoms with E-state index < -0.39 is 0 Å². The van der Waals surface area contributed by atoms with Crippen molar-refractivity contribution in [2.45, 2.75) is 32.0 Å². The molecule has 0 aliphatic carbocycles. The summed E-state index contributed by atoms with van der Waals surface area (Å²) in [5, 5.41) is 0. The highest BCUT2D eigenvalue weighted by Crippen LogP contribution is 2.28. The van der Waals surface area contributed by atoms with Gasteiger partial charge < -0.3 is 19.3 Å². The number of amides is 1. The Kier molecular flexibility index (Phi) is 4.67. The molecule has 3 saturated heterocycles. The molecule has 6 heteroatoms. The number of ether oxygens (including phenoxy) is 2. The summed E-state index contributed by atoms with van der Waals surface area (Å²) in [7, 11) is 0. The zero-order chi connectivity index (χ0) is 16.4. The van der Waals surface area contributed by atoms with Crippen LogP contribution in [0.3, 0.4) is 0 Å². The van der Waals surface area contributed by atoms with E-state index in [-0.39, 0.29) is 18.1 Å². The fourth-order valence-electron chi connectivity index (χ4n) is 3.98. The average molecular weight is 331 g/mol. The summed E-state index contributed by atoms with van der Waals surface area (Å²) in [6.07, 6.45) is 6.04. The number of hydrogen-bond donors (Lipinski definition) is 0. The number of pyridine rings is 1. The van der Waals surface area contributed by atoms with Crippen LogP contribution in [0.15, 0.2) is 18.3 Å². The smallest absolute Gasteiger partial charge is 0.257 e. The summed E-state index contributed by atoms with van der Waals surface area (Å²) in [5.41, 5.74) is 0.730. The molecule has 0 bridgehead atoms. The first-order valence-electron chi connectivity index (χ1n) is 9.05. The lowest BCUT2D eigenvalue weighted by Crippen LogP contribution is -2.44. The van der Waals surface area contributed by atoms with E-state index in [0.29, 0.717) is 19.8 Å². The molecule has 24 heavy (non-hydrogen) atoms. The van der Waals surface area contributed by atoms with Crippen LogP contribution in [-0.4, -0.2) is 61.5 Å². The first kappa shape index (κ1) is 15.8. The minimum Gasteiger partial charge on any atom is -0.356 e. The third-order valence-corrected chi connectivity index (χ3v) is 5.20. The maximum Gasteiger partial charge on any atom is 0.257 e. The molecule has 0 N–H and O–H groups in total. The number of carbonyl (C=O) groups excluding carboxylic acids is 1. The van der Waals surface area contributed by atoms with Gasteiger partial charge in [0, 0.05) is 38.3 Å². The van der Waals surface area contributed by atoms with Gasteiger partial charge in [0.25, 0.3) is 5.91 Å². The van der Waals surface area contributed by atoms with E-state index in [4.69, 9.17) is 9.47 Å².